The van der Waals surface area contributed by atoms with E-state index in [0.717, 1.165) is 23.2 Å². The third-order valence-electron chi connectivity index (χ3n) is 5.94. The molecular formula is C16H29ClN-. The van der Waals surface area contributed by atoms with Gasteiger partial charge in [-0.3, -0.25) is 0 Å². The molecule has 0 aromatic carbocycles. The quantitative estimate of drug-likeness (QED) is 0.735. The van der Waals surface area contributed by atoms with E-state index in [-0.39, 0.29) is 12.4 Å². The van der Waals surface area contributed by atoms with E-state index in [0.29, 0.717) is 0 Å². The maximum atomic E-state index is 2.69. The summed E-state index contributed by atoms with van der Waals surface area (Å²) in [6, 6.07) is 0. The van der Waals surface area contributed by atoms with E-state index in [4.69, 9.17) is 0 Å². The van der Waals surface area contributed by atoms with Crippen LogP contribution in [0.25, 0.3) is 0 Å². The predicted molar refractivity (Wildman–Crippen MR) is 73.0 cm³/mol. The second-order valence-electron chi connectivity index (χ2n) is 7.22. The van der Waals surface area contributed by atoms with Gasteiger partial charge in [0, 0.05) is 6.54 Å². The van der Waals surface area contributed by atoms with Gasteiger partial charge in [-0.1, -0.05) is 26.7 Å². The van der Waals surface area contributed by atoms with Crippen LogP contribution in [-0.4, -0.2) is 24.5 Å². The zero-order valence-corrected chi connectivity index (χ0v) is 12.9. The molecule has 4 aliphatic carbocycles. The Bertz CT molecular complexity index is 258. The van der Waals surface area contributed by atoms with Gasteiger partial charge in [0.2, 0.25) is 0 Å². The highest BCUT2D eigenvalue weighted by molar-refractivity contribution is 5.00. The lowest BCUT2D eigenvalue weighted by atomic mass is 9.58. The van der Waals surface area contributed by atoms with Gasteiger partial charge in [-0.25, -0.2) is 0 Å². The van der Waals surface area contributed by atoms with Crippen molar-refractivity contribution in [1.29, 1.82) is 0 Å². The molecule has 2 atom stereocenters. The molecule has 0 heterocycles. The van der Waals surface area contributed by atoms with Crippen LogP contribution in [0, 0.1) is 23.2 Å². The Balaban J connectivity index is 0.00000120. The topological polar surface area (TPSA) is 3.24 Å². The number of fused-ring (bicyclic) bond motifs is 1. The van der Waals surface area contributed by atoms with Gasteiger partial charge >= 0.3 is 0 Å². The first kappa shape index (κ1) is 14.7. The van der Waals surface area contributed by atoms with Crippen LogP contribution in [-0.2, 0) is 0 Å². The summed E-state index contributed by atoms with van der Waals surface area (Å²) in [4.78, 5) is 2.69. The highest BCUT2D eigenvalue weighted by atomic mass is 35.5. The SMILES string of the molecule is CCN(CC)CC12CC3CCC(CC(C3)C1)C2.[Cl-]. The lowest BCUT2D eigenvalue weighted by Crippen LogP contribution is -3.00. The molecule has 0 aromatic rings. The lowest BCUT2D eigenvalue weighted by molar-refractivity contribution is -0.0000235. The molecule has 2 heteroatoms. The van der Waals surface area contributed by atoms with Gasteiger partial charge in [0.1, 0.15) is 0 Å². The fraction of sp³-hybridized carbons (Fsp3) is 1.00. The molecule has 18 heavy (non-hydrogen) atoms. The molecule has 0 N–H and O–H groups in total. The smallest absolute Gasteiger partial charge is 0.00380 e. The number of hydrogen-bond donors (Lipinski definition) is 0. The van der Waals surface area contributed by atoms with Crippen molar-refractivity contribution in [3.05, 3.63) is 0 Å². The van der Waals surface area contributed by atoms with Gasteiger partial charge in [0.25, 0.3) is 0 Å². The van der Waals surface area contributed by atoms with Gasteiger partial charge in [0.15, 0.2) is 0 Å². The lowest BCUT2D eigenvalue weighted by Gasteiger charge is -2.50. The van der Waals surface area contributed by atoms with Gasteiger partial charge in [-0.15, -0.1) is 0 Å². The van der Waals surface area contributed by atoms with Gasteiger partial charge in [0.05, 0.1) is 0 Å². The molecule has 1 nitrogen and oxygen atoms in total. The monoisotopic (exact) mass is 270 g/mol. The van der Waals surface area contributed by atoms with Crippen LogP contribution in [0.5, 0.6) is 0 Å². The van der Waals surface area contributed by atoms with Gasteiger partial charge in [-0.05, 0) is 68.4 Å². The second kappa shape index (κ2) is 5.71. The minimum Gasteiger partial charge on any atom is -1.00 e. The molecule has 4 aliphatic rings. The van der Waals surface area contributed by atoms with Crippen LogP contribution in [0.4, 0.5) is 0 Å². The summed E-state index contributed by atoms with van der Waals surface area (Å²) in [5.41, 5.74) is 0.735. The van der Waals surface area contributed by atoms with Gasteiger partial charge in [-0.2, -0.15) is 0 Å². The highest BCUT2D eigenvalue weighted by Crippen LogP contribution is 2.57. The van der Waals surface area contributed by atoms with Crippen LogP contribution < -0.4 is 12.4 Å². The third kappa shape index (κ3) is 2.72. The average Bonchev–Trinajstić information content (AvgIpc) is 2.52. The third-order valence-corrected chi connectivity index (χ3v) is 5.94. The fourth-order valence-corrected chi connectivity index (χ4v) is 5.49. The number of halogens is 1. The second-order valence-corrected chi connectivity index (χ2v) is 7.22. The molecular weight excluding hydrogens is 242 g/mol. The minimum atomic E-state index is 0. The van der Waals surface area contributed by atoms with Crippen LogP contribution in [0.2, 0.25) is 0 Å². The first-order valence-corrected chi connectivity index (χ1v) is 7.95. The summed E-state index contributed by atoms with van der Waals surface area (Å²) in [5.74, 6) is 3.29. The minimum absolute atomic E-state index is 0. The van der Waals surface area contributed by atoms with Crippen LogP contribution in [0.3, 0.4) is 0 Å². The summed E-state index contributed by atoms with van der Waals surface area (Å²) in [6.45, 7) is 8.57. The van der Waals surface area contributed by atoms with E-state index in [1.54, 1.807) is 44.9 Å². The molecule has 0 aliphatic heterocycles. The van der Waals surface area contributed by atoms with E-state index in [1.165, 1.54) is 19.6 Å². The Labute approximate surface area is 119 Å². The van der Waals surface area contributed by atoms with Crippen molar-refractivity contribution >= 4 is 0 Å². The molecule has 0 saturated heterocycles. The Kier molecular flexibility index (Phi) is 4.65. The molecule has 4 fully saturated rings. The Morgan fingerprint density at radius 2 is 1.39 bits per heavy atom. The molecule has 0 amide bonds. The number of nitrogens with zero attached hydrogens (tertiary/aromatic N) is 1. The summed E-state index contributed by atoms with van der Waals surface area (Å²) in [5, 5.41) is 0. The molecule has 2 unspecified atom stereocenters. The van der Waals surface area contributed by atoms with Crippen molar-refractivity contribution in [3.63, 3.8) is 0 Å². The molecule has 106 valence electrons. The maximum Gasteiger partial charge on any atom is 0.00380 e. The number of hydrogen-bond acceptors (Lipinski definition) is 1. The van der Waals surface area contributed by atoms with E-state index in [9.17, 15) is 0 Å². The maximum absolute atomic E-state index is 2.69. The van der Waals surface area contributed by atoms with Gasteiger partial charge < -0.3 is 17.3 Å². The van der Waals surface area contributed by atoms with Crippen molar-refractivity contribution in [2.75, 3.05) is 19.6 Å². The molecule has 0 aromatic heterocycles. The zero-order valence-electron chi connectivity index (χ0n) is 12.1. The summed E-state index contributed by atoms with van der Waals surface area (Å²) < 4.78 is 0. The van der Waals surface area contributed by atoms with E-state index < -0.39 is 0 Å². The summed E-state index contributed by atoms with van der Waals surface area (Å²) in [6.07, 6.45) is 11.0. The van der Waals surface area contributed by atoms with Crippen LogP contribution >= 0.6 is 0 Å². The van der Waals surface area contributed by atoms with Crippen molar-refractivity contribution in [2.24, 2.45) is 23.2 Å². The van der Waals surface area contributed by atoms with Crippen molar-refractivity contribution in [2.45, 2.75) is 58.8 Å². The number of rotatable bonds is 4. The average molecular weight is 271 g/mol. The predicted octanol–water partition coefficient (Wildman–Crippen LogP) is 0.939. The Morgan fingerprint density at radius 1 is 0.889 bits per heavy atom. The molecule has 0 spiro atoms. The summed E-state index contributed by atoms with van der Waals surface area (Å²) in [7, 11) is 0. The van der Waals surface area contributed by atoms with Crippen molar-refractivity contribution < 1.29 is 12.4 Å². The largest absolute Gasteiger partial charge is 1.00 e. The highest BCUT2D eigenvalue weighted by Gasteiger charge is 2.48. The normalized spacial score (nSPS) is 41.8. The van der Waals surface area contributed by atoms with E-state index in [1.807, 2.05) is 0 Å². The first-order chi connectivity index (χ1) is 8.23. The fourth-order valence-electron chi connectivity index (χ4n) is 5.49. The van der Waals surface area contributed by atoms with Crippen molar-refractivity contribution in [3.8, 4) is 0 Å². The standard InChI is InChI=1S/C16H29N.ClH/c1-3-17(4-2)12-16-9-13-5-6-14(10-16)8-15(7-13)11-16;/h13-15H,3-12H2,1-2H3;1H/p-1. The Morgan fingerprint density at radius 3 is 1.89 bits per heavy atom. The molecule has 4 saturated carbocycles. The van der Waals surface area contributed by atoms with Crippen LogP contribution in [0.1, 0.15) is 58.8 Å². The molecule has 0 radical (unpaired) electrons. The van der Waals surface area contributed by atoms with Crippen molar-refractivity contribution in [1.82, 2.24) is 4.90 Å². The first-order valence-electron chi connectivity index (χ1n) is 7.95. The van der Waals surface area contributed by atoms with Crippen LogP contribution in [0.15, 0.2) is 0 Å². The molecule has 4 rings (SSSR count). The molecule has 4 bridgehead atoms. The van der Waals surface area contributed by atoms with E-state index in [2.05, 4.69) is 18.7 Å². The zero-order chi connectivity index (χ0) is 11.9. The van der Waals surface area contributed by atoms with E-state index >= 15 is 0 Å². The summed E-state index contributed by atoms with van der Waals surface area (Å²) >= 11 is 0. The Hall–Kier alpha value is 0.250.